The van der Waals surface area contributed by atoms with E-state index in [0.29, 0.717) is 11.8 Å². The van der Waals surface area contributed by atoms with Crippen LogP contribution in [-0.4, -0.2) is 45.8 Å². The lowest BCUT2D eigenvalue weighted by Gasteiger charge is -2.33. The lowest BCUT2D eigenvalue weighted by molar-refractivity contribution is 0.429. The number of hydrogen-bond donors (Lipinski definition) is 1. The highest BCUT2D eigenvalue weighted by atomic mass is 32.2. The van der Waals surface area contributed by atoms with Crippen molar-refractivity contribution in [1.29, 1.82) is 0 Å². The molecule has 0 saturated carbocycles. The number of hydrogen-bond acceptors (Lipinski definition) is 5. The molecule has 0 aliphatic carbocycles. The van der Waals surface area contributed by atoms with E-state index in [1.807, 2.05) is 49.4 Å². The summed E-state index contributed by atoms with van der Waals surface area (Å²) in [5.41, 5.74) is 0.939. The molecule has 1 aromatic heterocycles. The first kappa shape index (κ1) is 17.0. The summed E-state index contributed by atoms with van der Waals surface area (Å²) in [6, 6.07) is 14.1. The molecule has 2 heterocycles. The van der Waals surface area contributed by atoms with Gasteiger partial charge in [-0.1, -0.05) is 18.2 Å². The van der Waals surface area contributed by atoms with Crippen molar-refractivity contribution in [1.82, 2.24) is 15.5 Å². The number of nitrogens with one attached hydrogen (secondary N) is 1. The first-order valence-corrected chi connectivity index (χ1v) is 9.76. The Kier molecular flexibility index (Phi) is 5.93. The number of rotatable bonds is 6. The fraction of sp³-hybridized carbons (Fsp3) is 0.444. The topological polar surface area (TPSA) is 58.1 Å². The lowest BCUT2D eigenvalue weighted by Crippen LogP contribution is -2.47. The van der Waals surface area contributed by atoms with Gasteiger partial charge in [0.1, 0.15) is 0 Å². The van der Waals surface area contributed by atoms with E-state index < -0.39 is 10.8 Å². The second-order valence-electron chi connectivity index (χ2n) is 6.13. The number of anilines is 1. The SMILES string of the molecule is Cc1ccc(N2CCC[C@H](NCC[S@@](=O)c3ccccc3)C2)nn1. The molecule has 2 aromatic rings. The van der Waals surface area contributed by atoms with Gasteiger partial charge < -0.3 is 10.2 Å². The van der Waals surface area contributed by atoms with Gasteiger partial charge in [-0.2, -0.15) is 5.10 Å². The number of benzene rings is 1. The van der Waals surface area contributed by atoms with Crippen molar-refractivity contribution < 1.29 is 4.21 Å². The van der Waals surface area contributed by atoms with Crippen LogP contribution in [0.25, 0.3) is 0 Å². The maximum Gasteiger partial charge on any atom is 0.151 e. The van der Waals surface area contributed by atoms with Crippen molar-refractivity contribution in [2.45, 2.75) is 30.7 Å². The average Bonchev–Trinajstić information content (AvgIpc) is 2.63. The molecule has 24 heavy (non-hydrogen) atoms. The summed E-state index contributed by atoms with van der Waals surface area (Å²) in [6.45, 7) is 4.66. The van der Waals surface area contributed by atoms with Gasteiger partial charge in [-0.25, -0.2) is 0 Å². The molecule has 0 spiro atoms. The lowest BCUT2D eigenvalue weighted by atomic mass is 10.1. The molecular formula is C18H24N4OS. The minimum atomic E-state index is -0.934. The number of piperidine rings is 1. The van der Waals surface area contributed by atoms with Crippen LogP contribution in [0, 0.1) is 6.92 Å². The molecule has 1 saturated heterocycles. The van der Waals surface area contributed by atoms with E-state index in [-0.39, 0.29) is 0 Å². The van der Waals surface area contributed by atoms with Crippen LogP contribution in [0.15, 0.2) is 47.4 Å². The summed E-state index contributed by atoms with van der Waals surface area (Å²) in [5.74, 6) is 1.59. The maximum atomic E-state index is 12.2. The van der Waals surface area contributed by atoms with Crippen LogP contribution < -0.4 is 10.2 Å². The Labute approximate surface area is 145 Å². The first-order valence-electron chi connectivity index (χ1n) is 8.44. The van der Waals surface area contributed by atoms with E-state index in [1.165, 1.54) is 0 Å². The monoisotopic (exact) mass is 344 g/mol. The highest BCUT2D eigenvalue weighted by Crippen LogP contribution is 2.17. The number of aromatic nitrogens is 2. The third-order valence-electron chi connectivity index (χ3n) is 4.26. The van der Waals surface area contributed by atoms with Gasteiger partial charge in [0, 0.05) is 36.3 Å². The standard InChI is InChI=1S/C18H24N4OS/c1-15-9-10-18(21-20-15)22-12-5-6-16(14-22)19-11-13-24(23)17-7-3-2-4-8-17/h2-4,7-10,16,19H,5-6,11-14H2,1H3/t16-,24+/m0/s1. The zero-order chi connectivity index (χ0) is 16.8. The molecule has 1 fully saturated rings. The summed E-state index contributed by atoms with van der Waals surface area (Å²) in [7, 11) is -0.934. The number of nitrogens with zero attached hydrogens (tertiary/aromatic N) is 3. The van der Waals surface area contributed by atoms with E-state index in [4.69, 9.17) is 0 Å². The normalized spacial score (nSPS) is 19.2. The molecule has 5 nitrogen and oxygen atoms in total. The molecule has 1 aromatic carbocycles. The second kappa shape index (κ2) is 8.35. The highest BCUT2D eigenvalue weighted by Gasteiger charge is 2.20. The molecule has 1 N–H and O–H groups in total. The highest BCUT2D eigenvalue weighted by molar-refractivity contribution is 7.85. The molecule has 3 rings (SSSR count). The summed E-state index contributed by atoms with van der Waals surface area (Å²) in [4.78, 5) is 3.18. The minimum Gasteiger partial charge on any atom is -0.354 e. The third kappa shape index (κ3) is 4.61. The van der Waals surface area contributed by atoms with Crippen LogP contribution in [-0.2, 0) is 10.8 Å². The fourth-order valence-electron chi connectivity index (χ4n) is 2.96. The molecule has 0 unspecified atom stereocenters. The molecule has 1 aliphatic rings. The Hall–Kier alpha value is -1.79. The van der Waals surface area contributed by atoms with Crippen LogP contribution in [0.1, 0.15) is 18.5 Å². The summed E-state index contributed by atoms with van der Waals surface area (Å²) < 4.78 is 12.2. The zero-order valence-electron chi connectivity index (χ0n) is 14.0. The third-order valence-corrected chi connectivity index (χ3v) is 5.63. The van der Waals surface area contributed by atoms with E-state index in [9.17, 15) is 4.21 Å². The van der Waals surface area contributed by atoms with Gasteiger partial charge in [-0.15, -0.1) is 5.10 Å². The Morgan fingerprint density at radius 2 is 2.04 bits per heavy atom. The molecule has 128 valence electrons. The van der Waals surface area contributed by atoms with Crippen LogP contribution in [0.4, 0.5) is 5.82 Å². The maximum absolute atomic E-state index is 12.2. The minimum absolute atomic E-state index is 0.412. The van der Waals surface area contributed by atoms with Crippen LogP contribution in [0.2, 0.25) is 0 Å². The van der Waals surface area contributed by atoms with Crippen molar-refractivity contribution in [3.8, 4) is 0 Å². The van der Waals surface area contributed by atoms with Crippen molar-refractivity contribution in [3.05, 3.63) is 48.2 Å². The Bertz CT molecular complexity index is 662. The molecule has 2 atom stereocenters. The Balaban J connectivity index is 1.47. The van der Waals surface area contributed by atoms with Gasteiger partial charge in [0.05, 0.1) is 16.5 Å². The molecule has 6 heteroatoms. The number of aryl methyl sites for hydroxylation is 1. The van der Waals surface area contributed by atoms with E-state index in [2.05, 4.69) is 20.4 Å². The fourth-order valence-corrected chi connectivity index (χ4v) is 3.96. The summed E-state index contributed by atoms with van der Waals surface area (Å²) in [6.07, 6.45) is 2.28. The van der Waals surface area contributed by atoms with Crippen molar-refractivity contribution in [3.63, 3.8) is 0 Å². The van der Waals surface area contributed by atoms with Gasteiger partial charge in [-0.3, -0.25) is 4.21 Å². The van der Waals surface area contributed by atoms with Crippen LogP contribution in [0.5, 0.6) is 0 Å². The molecule has 0 radical (unpaired) electrons. The predicted molar refractivity (Wildman–Crippen MR) is 97.7 cm³/mol. The van der Waals surface area contributed by atoms with Gasteiger partial charge in [0.25, 0.3) is 0 Å². The van der Waals surface area contributed by atoms with Crippen LogP contribution >= 0.6 is 0 Å². The summed E-state index contributed by atoms with van der Waals surface area (Å²) in [5, 5.41) is 12.0. The van der Waals surface area contributed by atoms with E-state index in [1.54, 1.807) is 0 Å². The predicted octanol–water partition coefficient (Wildman–Crippen LogP) is 2.15. The van der Waals surface area contributed by atoms with Gasteiger partial charge in [-0.05, 0) is 44.0 Å². The summed E-state index contributed by atoms with van der Waals surface area (Å²) >= 11 is 0. The quantitative estimate of drug-likeness (QED) is 0.870. The molecule has 0 bridgehead atoms. The van der Waals surface area contributed by atoms with E-state index >= 15 is 0 Å². The largest absolute Gasteiger partial charge is 0.354 e. The van der Waals surface area contributed by atoms with Crippen molar-refractivity contribution in [2.75, 3.05) is 30.3 Å². The smallest absolute Gasteiger partial charge is 0.151 e. The van der Waals surface area contributed by atoms with Crippen molar-refractivity contribution >= 4 is 16.6 Å². The Morgan fingerprint density at radius 3 is 2.79 bits per heavy atom. The zero-order valence-corrected chi connectivity index (χ0v) is 14.8. The van der Waals surface area contributed by atoms with Gasteiger partial charge in [0.15, 0.2) is 5.82 Å². The van der Waals surface area contributed by atoms with Gasteiger partial charge >= 0.3 is 0 Å². The first-order chi connectivity index (χ1) is 11.7. The van der Waals surface area contributed by atoms with Gasteiger partial charge in [0.2, 0.25) is 0 Å². The Morgan fingerprint density at radius 1 is 1.21 bits per heavy atom. The van der Waals surface area contributed by atoms with Crippen molar-refractivity contribution in [2.24, 2.45) is 0 Å². The average molecular weight is 344 g/mol. The van der Waals surface area contributed by atoms with Crippen LogP contribution in [0.3, 0.4) is 0 Å². The molecule has 1 aliphatic heterocycles. The van der Waals surface area contributed by atoms with E-state index in [0.717, 1.165) is 48.9 Å². The molecule has 0 amide bonds. The molecular weight excluding hydrogens is 320 g/mol. The second-order valence-corrected chi connectivity index (χ2v) is 7.71.